The summed E-state index contributed by atoms with van der Waals surface area (Å²) in [4.78, 5) is 11.3. The topological polar surface area (TPSA) is 99.0 Å². The Morgan fingerprint density at radius 2 is 2.11 bits per heavy atom. The van der Waals surface area contributed by atoms with E-state index in [1.54, 1.807) is 13.1 Å². The van der Waals surface area contributed by atoms with Crippen LogP contribution in [0.4, 0.5) is 0 Å². The van der Waals surface area contributed by atoms with E-state index in [9.17, 15) is 20.1 Å². The third-order valence-electron chi connectivity index (χ3n) is 2.87. The van der Waals surface area contributed by atoms with Gasteiger partial charge in [0.2, 0.25) is 0 Å². The molecule has 0 saturated carbocycles. The number of benzene rings is 1. The SMILES string of the molecule is CNCCC(O)C(O)c1cccc(OC)c1C(=O)O. The number of aliphatic hydroxyl groups is 2. The number of aromatic carboxylic acids is 1. The molecule has 0 radical (unpaired) electrons. The third kappa shape index (κ3) is 3.66. The van der Waals surface area contributed by atoms with E-state index in [2.05, 4.69) is 5.32 Å². The first-order chi connectivity index (χ1) is 9.02. The fourth-order valence-corrected chi connectivity index (χ4v) is 1.85. The molecule has 1 rings (SSSR count). The molecule has 6 heteroatoms. The number of hydrogen-bond acceptors (Lipinski definition) is 5. The zero-order chi connectivity index (χ0) is 14.4. The smallest absolute Gasteiger partial charge is 0.339 e. The second-order valence-electron chi connectivity index (χ2n) is 4.13. The molecule has 0 heterocycles. The quantitative estimate of drug-likeness (QED) is 0.572. The maximum absolute atomic E-state index is 11.3. The summed E-state index contributed by atoms with van der Waals surface area (Å²) in [7, 11) is 3.09. The Bertz CT molecular complexity index is 435. The highest BCUT2D eigenvalue weighted by Gasteiger charge is 2.25. The van der Waals surface area contributed by atoms with Gasteiger partial charge >= 0.3 is 5.97 Å². The normalized spacial score (nSPS) is 13.9. The molecule has 0 aliphatic rings. The molecule has 0 aromatic heterocycles. The minimum absolute atomic E-state index is 0.124. The number of carboxylic acids is 1. The molecule has 6 nitrogen and oxygen atoms in total. The van der Waals surface area contributed by atoms with Crippen LogP contribution in [-0.2, 0) is 0 Å². The minimum atomic E-state index is -1.27. The second kappa shape index (κ2) is 7.08. The van der Waals surface area contributed by atoms with Crippen LogP contribution < -0.4 is 10.1 Å². The van der Waals surface area contributed by atoms with E-state index < -0.39 is 18.2 Å². The van der Waals surface area contributed by atoms with Gasteiger partial charge in [0.25, 0.3) is 0 Å². The van der Waals surface area contributed by atoms with Gasteiger partial charge in [0.1, 0.15) is 17.4 Å². The monoisotopic (exact) mass is 269 g/mol. The number of aliphatic hydroxyl groups excluding tert-OH is 2. The van der Waals surface area contributed by atoms with E-state index >= 15 is 0 Å². The molecule has 0 aliphatic heterocycles. The molecule has 2 unspecified atom stereocenters. The molecule has 0 amide bonds. The van der Waals surface area contributed by atoms with Crippen molar-refractivity contribution in [3.05, 3.63) is 29.3 Å². The summed E-state index contributed by atoms with van der Waals surface area (Å²) in [6, 6.07) is 4.55. The van der Waals surface area contributed by atoms with Gasteiger partial charge < -0.3 is 25.4 Å². The Labute approximate surface area is 111 Å². The molecule has 106 valence electrons. The Kier molecular flexibility index (Phi) is 5.75. The van der Waals surface area contributed by atoms with Gasteiger partial charge in [-0.3, -0.25) is 0 Å². The summed E-state index contributed by atoms with van der Waals surface area (Å²) in [5.41, 5.74) is 0.0245. The van der Waals surface area contributed by atoms with Gasteiger partial charge in [0.05, 0.1) is 13.2 Å². The predicted octanol–water partition coefficient (Wildman–Crippen LogP) is 0.397. The van der Waals surface area contributed by atoms with Crippen molar-refractivity contribution in [3.8, 4) is 5.75 Å². The van der Waals surface area contributed by atoms with E-state index in [4.69, 9.17) is 4.74 Å². The van der Waals surface area contributed by atoms with Crippen molar-refractivity contribution in [2.24, 2.45) is 0 Å². The number of carboxylic acid groups (broad SMARTS) is 1. The highest BCUT2D eigenvalue weighted by atomic mass is 16.5. The highest BCUT2D eigenvalue weighted by Crippen LogP contribution is 2.29. The molecule has 0 aliphatic carbocycles. The first kappa shape index (κ1) is 15.4. The third-order valence-corrected chi connectivity index (χ3v) is 2.87. The van der Waals surface area contributed by atoms with Crippen LogP contribution in [0.3, 0.4) is 0 Å². The van der Waals surface area contributed by atoms with E-state index in [0.717, 1.165) is 0 Å². The highest BCUT2D eigenvalue weighted by molar-refractivity contribution is 5.92. The number of rotatable bonds is 7. The molecular weight excluding hydrogens is 250 g/mol. The lowest BCUT2D eigenvalue weighted by molar-refractivity contribution is 0.0130. The van der Waals surface area contributed by atoms with Crippen LogP contribution in [0.15, 0.2) is 18.2 Å². The van der Waals surface area contributed by atoms with Crippen LogP contribution in [0.1, 0.15) is 28.4 Å². The van der Waals surface area contributed by atoms with Gasteiger partial charge in [0, 0.05) is 5.56 Å². The van der Waals surface area contributed by atoms with Gasteiger partial charge in [-0.05, 0) is 26.1 Å². The van der Waals surface area contributed by atoms with Crippen molar-refractivity contribution in [3.63, 3.8) is 0 Å². The number of carbonyl (C=O) groups is 1. The molecule has 0 bridgehead atoms. The van der Waals surface area contributed by atoms with Crippen LogP contribution in [0.2, 0.25) is 0 Å². The number of nitrogens with one attached hydrogen (secondary N) is 1. The summed E-state index contributed by atoms with van der Waals surface area (Å²) < 4.78 is 4.97. The molecule has 4 N–H and O–H groups in total. The van der Waals surface area contributed by atoms with Crippen molar-refractivity contribution in [2.45, 2.75) is 18.6 Å². The summed E-state index contributed by atoms with van der Waals surface area (Å²) in [6.45, 7) is 0.518. The average molecular weight is 269 g/mol. The molecule has 1 aromatic carbocycles. The zero-order valence-corrected chi connectivity index (χ0v) is 11.0. The zero-order valence-electron chi connectivity index (χ0n) is 11.0. The lowest BCUT2D eigenvalue weighted by Gasteiger charge is -2.20. The van der Waals surface area contributed by atoms with Gasteiger partial charge in [-0.2, -0.15) is 0 Å². The Hall–Kier alpha value is -1.63. The number of hydrogen-bond donors (Lipinski definition) is 4. The maximum Gasteiger partial charge on any atom is 0.339 e. The lowest BCUT2D eigenvalue weighted by atomic mass is 9.96. The van der Waals surface area contributed by atoms with Crippen molar-refractivity contribution < 1.29 is 24.9 Å². The first-order valence-electron chi connectivity index (χ1n) is 5.93. The van der Waals surface area contributed by atoms with E-state index in [1.165, 1.54) is 19.2 Å². The second-order valence-corrected chi connectivity index (χ2v) is 4.13. The van der Waals surface area contributed by atoms with E-state index in [-0.39, 0.29) is 16.9 Å². The standard InChI is InChI=1S/C13H19NO5/c1-14-7-6-9(15)12(16)8-4-3-5-10(19-2)11(8)13(17)18/h3-5,9,12,14-16H,6-7H2,1-2H3,(H,17,18). The van der Waals surface area contributed by atoms with Crippen molar-refractivity contribution >= 4 is 5.97 Å². The van der Waals surface area contributed by atoms with Gasteiger partial charge in [-0.25, -0.2) is 4.79 Å². The summed E-state index contributed by atoms with van der Waals surface area (Å²) in [6.07, 6.45) is -2.00. The number of methoxy groups -OCH3 is 1. The molecule has 0 fully saturated rings. The van der Waals surface area contributed by atoms with Crippen LogP contribution in [0, 0.1) is 0 Å². The predicted molar refractivity (Wildman–Crippen MR) is 69.5 cm³/mol. The number of ether oxygens (including phenoxy) is 1. The van der Waals surface area contributed by atoms with Crippen molar-refractivity contribution in [1.29, 1.82) is 0 Å². The van der Waals surface area contributed by atoms with Gasteiger partial charge in [-0.15, -0.1) is 0 Å². The summed E-state index contributed by atoms with van der Waals surface area (Å²) in [5.74, 6) is -1.04. The minimum Gasteiger partial charge on any atom is -0.496 e. The molecule has 1 aromatic rings. The summed E-state index contributed by atoms with van der Waals surface area (Å²) >= 11 is 0. The largest absolute Gasteiger partial charge is 0.496 e. The first-order valence-corrected chi connectivity index (χ1v) is 5.93. The average Bonchev–Trinajstić information content (AvgIpc) is 2.42. The molecule has 0 spiro atoms. The Morgan fingerprint density at radius 3 is 2.63 bits per heavy atom. The fraction of sp³-hybridized carbons (Fsp3) is 0.462. The van der Waals surface area contributed by atoms with Crippen molar-refractivity contribution in [1.82, 2.24) is 5.32 Å². The lowest BCUT2D eigenvalue weighted by Crippen LogP contribution is -2.24. The van der Waals surface area contributed by atoms with Gasteiger partial charge in [0.15, 0.2) is 0 Å². The van der Waals surface area contributed by atoms with Crippen LogP contribution in [0.5, 0.6) is 5.75 Å². The fourth-order valence-electron chi connectivity index (χ4n) is 1.85. The molecular formula is C13H19NO5. The van der Waals surface area contributed by atoms with Crippen LogP contribution >= 0.6 is 0 Å². The molecule has 0 saturated heterocycles. The Morgan fingerprint density at radius 1 is 1.42 bits per heavy atom. The van der Waals surface area contributed by atoms with Gasteiger partial charge in [-0.1, -0.05) is 12.1 Å². The van der Waals surface area contributed by atoms with E-state index in [0.29, 0.717) is 13.0 Å². The molecule has 19 heavy (non-hydrogen) atoms. The van der Waals surface area contributed by atoms with Crippen LogP contribution in [-0.4, -0.2) is 48.1 Å². The van der Waals surface area contributed by atoms with Crippen LogP contribution in [0.25, 0.3) is 0 Å². The molecule has 2 atom stereocenters. The Balaban J connectivity index is 3.08. The van der Waals surface area contributed by atoms with E-state index in [1.807, 2.05) is 0 Å². The summed E-state index contributed by atoms with van der Waals surface area (Å²) in [5, 5.41) is 32.0. The van der Waals surface area contributed by atoms with Crippen molar-refractivity contribution in [2.75, 3.05) is 20.7 Å². The maximum atomic E-state index is 11.3.